The number of ether oxygens (including phenoxy) is 3. The molecule has 2 heterocycles. The average Bonchev–Trinajstić information content (AvgIpc) is 3.25. The fraction of sp³-hybridized carbons (Fsp3) is 0.250. The van der Waals surface area contributed by atoms with Crippen LogP contribution >= 0.6 is 23.1 Å². The maximum atomic E-state index is 12.9. The zero-order valence-corrected chi connectivity index (χ0v) is 18.2. The molecule has 29 heavy (non-hydrogen) atoms. The van der Waals surface area contributed by atoms with Crippen LogP contribution in [0.3, 0.4) is 0 Å². The number of hydrogen-bond donors (Lipinski definition) is 0. The molecule has 1 aromatic carbocycles. The number of thiazole rings is 1. The van der Waals surface area contributed by atoms with Crippen molar-refractivity contribution < 1.29 is 19.0 Å². The lowest BCUT2D eigenvalue weighted by Crippen LogP contribution is -2.29. The summed E-state index contributed by atoms with van der Waals surface area (Å²) in [4.78, 5) is 24.0. The van der Waals surface area contributed by atoms with Gasteiger partial charge in [-0.2, -0.15) is 4.99 Å². The first-order valence-electron chi connectivity index (χ1n) is 8.63. The molecule has 0 N–H and O–H groups in total. The van der Waals surface area contributed by atoms with Crippen molar-refractivity contribution in [3.63, 3.8) is 0 Å². The van der Waals surface area contributed by atoms with Gasteiger partial charge < -0.3 is 14.2 Å². The maximum absolute atomic E-state index is 12.9. The lowest BCUT2D eigenvalue weighted by atomic mass is 10.1. The Morgan fingerprint density at radius 3 is 2.41 bits per heavy atom. The fourth-order valence-electron chi connectivity index (χ4n) is 2.69. The molecule has 0 aliphatic carbocycles. The number of carbonyl (C=O) groups excluding carboxylic acids is 1. The summed E-state index contributed by atoms with van der Waals surface area (Å²) in [5.41, 5.74) is 1.65. The van der Waals surface area contributed by atoms with E-state index in [1.54, 1.807) is 50.5 Å². The van der Waals surface area contributed by atoms with E-state index < -0.39 is 0 Å². The summed E-state index contributed by atoms with van der Waals surface area (Å²) in [6.07, 6.45) is 3.45. The lowest BCUT2D eigenvalue weighted by Gasteiger charge is -2.13. The third kappa shape index (κ3) is 4.46. The molecule has 0 bridgehead atoms. The smallest absolute Gasteiger partial charge is 0.267 e. The van der Waals surface area contributed by atoms with E-state index in [0.717, 1.165) is 11.3 Å². The third-order valence-corrected chi connectivity index (χ3v) is 5.84. The van der Waals surface area contributed by atoms with E-state index in [2.05, 4.69) is 16.6 Å². The summed E-state index contributed by atoms with van der Waals surface area (Å²) in [5, 5.41) is 3.11. The summed E-state index contributed by atoms with van der Waals surface area (Å²) < 4.78 is 16.1. The number of amidine groups is 1. The third-order valence-electron chi connectivity index (χ3n) is 3.98. The Kier molecular flexibility index (Phi) is 6.60. The van der Waals surface area contributed by atoms with Crippen molar-refractivity contribution in [1.82, 2.24) is 9.88 Å². The summed E-state index contributed by atoms with van der Waals surface area (Å²) >= 11 is 2.73. The second-order valence-corrected chi connectivity index (χ2v) is 7.79. The minimum atomic E-state index is -0.143. The van der Waals surface area contributed by atoms with E-state index >= 15 is 0 Å². The standard InChI is InChI=1S/C20H21N3O4S2/c1-6-7-23-18(24)16(29-20(23)22-19-21-12(2)11-28-19)10-13-8-14(25-3)17(27-5)15(9-13)26-4/h6,8-11H,1,7H2,2-5H3/b16-10-,22-20+. The number of aromatic nitrogens is 1. The highest BCUT2D eigenvalue weighted by atomic mass is 32.2. The molecule has 9 heteroatoms. The molecule has 0 atom stereocenters. The van der Waals surface area contributed by atoms with Gasteiger partial charge in [-0.3, -0.25) is 9.69 Å². The Labute approximate surface area is 177 Å². The van der Waals surface area contributed by atoms with Crippen molar-refractivity contribution in [3.05, 3.63) is 46.3 Å². The predicted octanol–water partition coefficient (Wildman–Crippen LogP) is 4.27. The Hall–Kier alpha value is -2.78. The Bertz CT molecular complexity index is 972. The monoisotopic (exact) mass is 431 g/mol. The van der Waals surface area contributed by atoms with Gasteiger partial charge in [0.2, 0.25) is 10.9 Å². The van der Waals surface area contributed by atoms with Gasteiger partial charge in [0.05, 0.1) is 31.9 Å². The minimum absolute atomic E-state index is 0.143. The molecule has 1 aliphatic heterocycles. The number of nitrogens with zero attached hydrogens (tertiary/aromatic N) is 3. The zero-order chi connectivity index (χ0) is 21.0. The second-order valence-electron chi connectivity index (χ2n) is 5.94. The predicted molar refractivity (Wildman–Crippen MR) is 118 cm³/mol. The molecule has 2 aromatic rings. The molecular weight excluding hydrogens is 410 g/mol. The highest BCUT2D eigenvalue weighted by Gasteiger charge is 2.33. The van der Waals surface area contributed by atoms with E-state index in [0.29, 0.717) is 39.0 Å². The van der Waals surface area contributed by atoms with Crippen molar-refractivity contribution >= 4 is 45.4 Å². The molecule has 0 unspecified atom stereocenters. The van der Waals surface area contributed by atoms with Crippen LogP contribution in [0.15, 0.2) is 40.1 Å². The zero-order valence-electron chi connectivity index (χ0n) is 16.6. The minimum Gasteiger partial charge on any atom is -0.493 e. The van der Waals surface area contributed by atoms with Gasteiger partial charge in [0.1, 0.15) is 0 Å². The first kappa shape index (κ1) is 20.9. The van der Waals surface area contributed by atoms with Crippen molar-refractivity contribution in [2.75, 3.05) is 27.9 Å². The second kappa shape index (κ2) is 9.15. The lowest BCUT2D eigenvalue weighted by molar-refractivity contribution is -0.121. The van der Waals surface area contributed by atoms with Crippen LogP contribution in [0.25, 0.3) is 6.08 Å². The van der Waals surface area contributed by atoms with Crippen LogP contribution in [0.5, 0.6) is 17.2 Å². The van der Waals surface area contributed by atoms with E-state index in [1.165, 1.54) is 23.1 Å². The molecule has 1 saturated heterocycles. The van der Waals surface area contributed by atoms with Gasteiger partial charge in [-0.25, -0.2) is 4.98 Å². The number of amides is 1. The number of rotatable bonds is 7. The van der Waals surface area contributed by atoms with E-state index in [1.807, 2.05) is 12.3 Å². The number of aryl methyl sites for hydroxylation is 1. The van der Waals surface area contributed by atoms with Crippen molar-refractivity contribution in [2.24, 2.45) is 4.99 Å². The van der Waals surface area contributed by atoms with Crippen LogP contribution in [0.2, 0.25) is 0 Å². The highest BCUT2D eigenvalue weighted by molar-refractivity contribution is 8.18. The highest BCUT2D eigenvalue weighted by Crippen LogP contribution is 2.40. The molecule has 1 fully saturated rings. The van der Waals surface area contributed by atoms with Crippen LogP contribution in [-0.4, -0.2) is 48.8 Å². The first-order chi connectivity index (χ1) is 14.0. The molecular formula is C20H21N3O4S2. The summed E-state index contributed by atoms with van der Waals surface area (Å²) in [6.45, 7) is 6.01. The van der Waals surface area contributed by atoms with E-state index in [-0.39, 0.29) is 5.91 Å². The number of carbonyl (C=O) groups is 1. The first-order valence-corrected chi connectivity index (χ1v) is 10.3. The fourth-order valence-corrected chi connectivity index (χ4v) is 4.40. The van der Waals surface area contributed by atoms with Crippen LogP contribution in [0, 0.1) is 6.92 Å². The number of aliphatic imine (C=N–C) groups is 1. The van der Waals surface area contributed by atoms with Crippen LogP contribution in [0.1, 0.15) is 11.3 Å². The van der Waals surface area contributed by atoms with Gasteiger partial charge in [-0.1, -0.05) is 6.08 Å². The molecule has 0 radical (unpaired) electrons. The topological polar surface area (TPSA) is 73.2 Å². The van der Waals surface area contributed by atoms with Gasteiger partial charge in [0.15, 0.2) is 16.7 Å². The Balaban J connectivity index is 2.00. The van der Waals surface area contributed by atoms with E-state index in [9.17, 15) is 4.79 Å². The van der Waals surface area contributed by atoms with Crippen molar-refractivity contribution in [2.45, 2.75) is 6.92 Å². The molecule has 0 saturated carbocycles. The largest absolute Gasteiger partial charge is 0.493 e. The van der Waals surface area contributed by atoms with Gasteiger partial charge in [-0.15, -0.1) is 17.9 Å². The van der Waals surface area contributed by atoms with Crippen molar-refractivity contribution in [3.8, 4) is 17.2 Å². The van der Waals surface area contributed by atoms with Crippen LogP contribution in [-0.2, 0) is 4.79 Å². The molecule has 1 amide bonds. The van der Waals surface area contributed by atoms with Crippen molar-refractivity contribution in [1.29, 1.82) is 0 Å². The van der Waals surface area contributed by atoms with Gasteiger partial charge in [-0.05, 0) is 42.5 Å². The Morgan fingerprint density at radius 2 is 1.90 bits per heavy atom. The number of hydrogen-bond acceptors (Lipinski definition) is 8. The molecule has 152 valence electrons. The summed E-state index contributed by atoms with van der Waals surface area (Å²) in [6, 6.07) is 3.58. The SMILES string of the molecule is C=CCN1C(=O)/C(=C/c2cc(OC)c(OC)c(OC)c2)S/C1=N/c1nc(C)cs1. The molecule has 1 aromatic heterocycles. The summed E-state index contributed by atoms with van der Waals surface area (Å²) in [7, 11) is 4.65. The number of benzene rings is 1. The Morgan fingerprint density at radius 1 is 1.21 bits per heavy atom. The van der Waals surface area contributed by atoms with Gasteiger partial charge in [0.25, 0.3) is 5.91 Å². The number of thioether (sulfide) groups is 1. The molecule has 7 nitrogen and oxygen atoms in total. The van der Waals surface area contributed by atoms with Crippen LogP contribution in [0.4, 0.5) is 5.13 Å². The molecule has 0 spiro atoms. The quantitative estimate of drug-likeness (QED) is 0.482. The normalized spacial score (nSPS) is 16.6. The van der Waals surface area contributed by atoms with Crippen LogP contribution < -0.4 is 14.2 Å². The number of methoxy groups -OCH3 is 3. The molecule has 3 rings (SSSR count). The molecule has 1 aliphatic rings. The van der Waals surface area contributed by atoms with E-state index in [4.69, 9.17) is 14.2 Å². The van der Waals surface area contributed by atoms with Gasteiger partial charge in [0, 0.05) is 11.9 Å². The maximum Gasteiger partial charge on any atom is 0.267 e. The summed E-state index contributed by atoms with van der Waals surface area (Å²) in [5.74, 6) is 1.39. The average molecular weight is 432 g/mol. The van der Waals surface area contributed by atoms with Gasteiger partial charge >= 0.3 is 0 Å².